The van der Waals surface area contributed by atoms with E-state index in [2.05, 4.69) is 5.32 Å². The number of rotatable bonds is 5. The lowest BCUT2D eigenvalue weighted by Gasteiger charge is -2.38. The zero-order valence-electron chi connectivity index (χ0n) is 17.3. The molecule has 0 radical (unpaired) electrons. The highest BCUT2D eigenvalue weighted by molar-refractivity contribution is 6.18. The van der Waals surface area contributed by atoms with Crippen molar-refractivity contribution >= 4 is 23.5 Å². The SMILES string of the molecule is Cc1ccc(N2C(=O)N(CC(=O)NCc3ccccc3)C(=O)C23CCCCC3)cc1. The standard InChI is InChI=1S/C24H27N3O3/c1-18-10-12-20(13-11-18)27-23(30)26(22(29)24(27)14-6-3-7-15-24)17-21(28)25-16-19-8-4-2-5-9-19/h2,4-5,8-13H,3,6-7,14-17H2,1H3,(H,25,28). The molecule has 156 valence electrons. The van der Waals surface area contributed by atoms with Crippen LogP contribution in [0.1, 0.15) is 43.2 Å². The lowest BCUT2D eigenvalue weighted by Crippen LogP contribution is -2.51. The van der Waals surface area contributed by atoms with Crippen LogP contribution in [0.5, 0.6) is 0 Å². The molecular formula is C24H27N3O3. The van der Waals surface area contributed by atoms with Crippen LogP contribution >= 0.6 is 0 Å². The van der Waals surface area contributed by atoms with Crippen LogP contribution in [0.25, 0.3) is 0 Å². The van der Waals surface area contributed by atoms with Gasteiger partial charge < -0.3 is 5.32 Å². The highest BCUT2D eigenvalue weighted by Gasteiger charge is 2.58. The molecule has 2 aromatic carbocycles. The molecule has 1 heterocycles. The van der Waals surface area contributed by atoms with Gasteiger partial charge in [-0.1, -0.05) is 67.3 Å². The second-order valence-electron chi connectivity index (χ2n) is 8.20. The summed E-state index contributed by atoms with van der Waals surface area (Å²) in [6.45, 7) is 2.10. The molecule has 2 fully saturated rings. The quantitative estimate of drug-likeness (QED) is 0.770. The first-order chi connectivity index (χ1) is 14.5. The number of benzene rings is 2. The van der Waals surface area contributed by atoms with E-state index < -0.39 is 11.6 Å². The van der Waals surface area contributed by atoms with E-state index in [1.165, 1.54) is 0 Å². The van der Waals surface area contributed by atoms with Gasteiger partial charge in [0.1, 0.15) is 12.1 Å². The van der Waals surface area contributed by atoms with Crippen LogP contribution in [0.15, 0.2) is 54.6 Å². The maximum Gasteiger partial charge on any atom is 0.332 e. The van der Waals surface area contributed by atoms with E-state index in [-0.39, 0.29) is 18.4 Å². The van der Waals surface area contributed by atoms with Gasteiger partial charge in [-0.2, -0.15) is 0 Å². The average molecular weight is 405 g/mol. The van der Waals surface area contributed by atoms with Gasteiger partial charge in [0.15, 0.2) is 0 Å². The molecule has 6 nitrogen and oxygen atoms in total. The fourth-order valence-electron chi connectivity index (χ4n) is 4.50. The highest BCUT2D eigenvalue weighted by atomic mass is 16.2. The van der Waals surface area contributed by atoms with Crippen molar-refractivity contribution in [2.24, 2.45) is 0 Å². The smallest absolute Gasteiger partial charge is 0.332 e. The summed E-state index contributed by atoms with van der Waals surface area (Å²) in [4.78, 5) is 42.1. The summed E-state index contributed by atoms with van der Waals surface area (Å²) in [6, 6.07) is 16.8. The second kappa shape index (κ2) is 8.30. The molecule has 1 saturated heterocycles. The third kappa shape index (κ3) is 3.70. The number of carbonyl (C=O) groups is 3. The Morgan fingerprint density at radius 1 is 0.967 bits per heavy atom. The maximum atomic E-state index is 13.4. The molecule has 6 heteroatoms. The Balaban J connectivity index is 1.55. The molecule has 2 aliphatic rings. The van der Waals surface area contributed by atoms with Crippen LogP contribution in [-0.2, 0) is 16.1 Å². The molecule has 4 amide bonds. The predicted octanol–water partition coefficient (Wildman–Crippen LogP) is 3.78. The van der Waals surface area contributed by atoms with E-state index in [1.54, 1.807) is 4.90 Å². The van der Waals surface area contributed by atoms with Crippen LogP contribution in [0.4, 0.5) is 10.5 Å². The van der Waals surface area contributed by atoms with Gasteiger partial charge in [0.25, 0.3) is 5.91 Å². The number of hydrogen-bond donors (Lipinski definition) is 1. The van der Waals surface area contributed by atoms with Gasteiger partial charge in [0, 0.05) is 12.2 Å². The molecule has 1 saturated carbocycles. The number of aryl methyl sites for hydroxylation is 1. The molecule has 0 unspecified atom stereocenters. The van der Waals surface area contributed by atoms with Gasteiger partial charge in [0.2, 0.25) is 5.91 Å². The summed E-state index contributed by atoms with van der Waals surface area (Å²) in [5.74, 6) is -0.583. The van der Waals surface area contributed by atoms with Crippen LogP contribution in [0, 0.1) is 6.92 Å². The number of nitrogens with one attached hydrogen (secondary N) is 1. The molecule has 1 spiro atoms. The molecular weight excluding hydrogens is 378 g/mol. The minimum absolute atomic E-state index is 0.248. The van der Waals surface area contributed by atoms with E-state index in [4.69, 9.17) is 0 Å². The molecule has 1 aliphatic carbocycles. The Labute approximate surface area is 176 Å². The number of amides is 4. The van der Waals surface area contributed by atoms with Crippen LogP contribution in [0.3, 0.4) is 0 Å². The van der Waals surface area contributed by atoms with Gasteiger partial charge >= 0.3 is 6.03 Å². The lowest BCUT2D eigenvalue weighted by atomic mass is 9.80. The molecule has 1 N–H and O–H groups in total. The molecule has 2 aromatic rings. The Bertz CT molecular complexity index is 934. The van der Waals surface area contributed by atoms with E-state index in [9.17, 15) is 14.4 Å². The summed E-state index contributed by atoms with van der Waals surface area (Å²) >= 11 is 0. The fraction of sp³-hybridized carbons (Fsp3) is 0.375. The Morgan fingerprint density at radius 3 is 2.30 bits per heavy atom. The van der Waals surface area contributed by atoms with Crippen molar-refractivity contribution < 1.29 is 14.4 Å². The molecule has 4 rings (SSSR count). The zero-order valence-corrected chi connectivity index (χ0v) is 17.3. The minimum atomic E-state index is -0.871. The highest BCUT2D eigenvalue weighted by Crippen LogP contribution is 2.43. The van der Waals surface area contributed by atoms with Gasteiger partial charge in [-0.15, -0.1) is 0 Å². The number of urea groups is 1. The van der Waals surface area contributed by atoms with Crippen molar-refractivity contribution in [1.82, 2.24) is 10.2 Å². The summed E-state index contributed by atoms with van der Waals surface area (Å²) in [5, 5.41) is 2.82. The van der Waals surface area contributed by atoms with Gasteiger partial charge in [0.05, 0.1) is 0 Å². The van der Waals surface area contributed by atoms with Gasteiger partial charge in [-0.05, 0) is 37.5 Å². The van der Waals surface area contributed by atoms with Gasteiger partial charge in [-0.25, -0.2) is 4.79 Å². The number of carbonyl (C=O) groups excluding carboxylic acids is 3. The van der Waals surface area contributed by atoms with Gasteiger partial charge in [-0.3, -0.25) is 19.4 Å². The normalized spacial score (nSPS) is 18.2. The molecule has 0 aromatic heterocycles. The second-order valence-corrected chi connectivity index (χ2v) is 8.20. The zero-order chi connectivity index (χ0) is 21.1. The number of anilines is 1. The summed E-state index contributed by atoms with van der Waals surface area (Å²) in [7, 11) is 0. The number of nitrogens with zero attached hydrogens (tertiary/aromatic N) is 2. The largest absolute Gasteiger partial charge is 0.350 e. The van der Waals surface area contributed by atoms with Crippen molar-refractivity contribution in [3.05, 3.63) is 65.7 Å². The van der Waals surface area contributed by atoms with Crippen LogP contribution in [-0.4, -0.2) is 34.8 Å². The molecule has 0 atom stereocenters. The van der Waals surface area contributed by atoms with Crippen LogP contribution < -0.4 is 10.2 Å². The van der Waals surface area contributed by atoms with Crippen molar-refractivity contribution in [3.8, 4) is 0 Å². The minimum Gasteiger partial charge on any atom is -0.350 e. The topological polar surface area (TPSA) is 69.7 Å². The summed E-state index contributed by atoms with van der Waals surface area (Å²) in [6.07, 6.45) is 4.12. The van der Waals surface area contributed by atoms with E-state index in [0.29, 0.717) is 25.1 Å². The number of imide groups is 1. The molecule has 0 bridgehead atoms. The average Bonchev–Trinajstić information content (AvgIpc) is 2.95. The molecule has 30 heavy (non-hydrogen) atoms. The monoisotopic (exact) mass is 405 g/mol. The lowest BCUT2D eigenvalue weighted by molar-refractivity contribution is -0.135. The van der Waals surface area contributed by atoms with Crippen molar-refractivity contribution in [2.75, 3.05) is 11.4 Å². The fourth-order valence-corrected chi connectivity index (χ4v) is 4.50. The maximum absolute atomic E-state index is 13.4. The Morgan fingerprint density at radius 2 is 1.63 bits per heavy atom. The summed E-state index contributed by atoms with van der Waals surface area (Å²) < 4.78 is 0. The summed E-state index contributed by atoms with van der Waals surface area (Å²) in [5.41, 5.74) is 1.90. The van der Waals surface area contributed by atoms with E-state index in [0.717, 1.165) is 35.3 Å². The van der Waals surface area contributed by atoms with Crippen molar-refractivity contribution in [2.45, 2.75) is 51.1 Å². The number of hydrogen-bond acceptors (Lipinski definition) is 3. The van der Waals surface area contributed by atoms with E-state index in [1.807, 2.05) is 61.5 Å². The third-order valence-corrected chi connectivity index (χ3v) is 6.10. The first-order valence-electron chi connectivity index (χ1n) is 10.5. The molecule has 1 aliphatic heterocycles. The van der Waals surface area contributed by atoms with Crippen LogP contribution in [0.2, 0.25) is 0 Å². The third-order valence-electron chi connectivity index (χ3n) is 6.10. The Hall–Kier alpha value is -3.15. The first kappa shape index (κ1) is 20.1. The van der Waals surface area contributed by atoms with E-state index >= 15 is 0 Å². The van der Waals surface area contributed by atoms with Crippen molar-refractivity contribution in [3.63, 3.8) is 0 Å². The predicted molar refractivity (Wildman–Crippen MR) is 115 cm³/mol. The first-order valence-corrected chi connectivity index (χ1v) is 10.5. The Kier molecular flexibility index (Phi) is 5.57. The van der Waals surface area contributed by atoms with Crippen molar-refractivity contribution in [1.29, 1.82) is 0 Å².